The molecule has 3 aromatic rings. The van der Waals surface area contributed by atoms with Crippen molar-refractivity contribution in [3.05, 3.63) is 60.3 Å². The second kappa shape index (κ2) is 10.2. The largest absolute Gasteiger partial charge is 0.493 e. The van der Waals surface area contributed by atoms with E-state index in [4.69, 9.17) is 9.47 Å². The van der Waals surface area contributed by atoms with E-state index in [0.717, 1.165) is 6.20 Å². The summed E-state index contributed by atoms with van der Waals surface area (Å²) in [6, 6.07) is 13.7. The van der Waals surface area contributed by atoms with Gasteiger partial charge >= 0.3 is 6.18 Å². The molecule has 0 unspecified atom stereocenters. The van der Waals surface area contributed by atoms with Gasteiger partial charge in [-0.15, -0.1) is 0 Å². The Labute approximate surface area is 197 Å². The SMILES string of the molecule is CC(C)COc1ccc(Nc2nc(Nc3ccc(OC(C)(C)C)cc3)ncc2C(F)(F)F)cc1. The lowest BCUT2D eigenvalue weighted by atomic mass is 10.2. The first-order valence-corrected chi connectivity index (χ1v) is 10.9. The van der Waals surface area contributed by atoms with Crippen LogP contribution in [0.2, 0.25) is 0 Å². The van der Waals surface area contributed by atoms with Crippen molar-refractivity contribution in [1.29, 1.82) is 0 Å². The van der Waals surface area contributed by atoms with E-state index in [0.29, 0.717) is 35.4 Å². The van der Waals surface area contributed by atoms with Gasteiger partial charge in [0.15, 0.2) is 0 Å². The minimum Gasteiger partial charge on any atom is -0.493 e. The predicted octanol–water partition coefficient (Wildman–Crippen LogP) is 7.19. The lowest BCUT2D eigenvalue weighted by molar-refractivity contribution is -0.137. The number of aromatic nitrogens is 2. The first kappa shape index (κ1) is 25.1. The lowest BCUT2D eigenvalue weighted by Gasteiger charge is -2.21. The van der Waals surface area contributed by atoms with E-state index in [1.54, 1.807) is 48.5 Å². The van der Waals surface area contributed by atoms with E-state index in [-0.39, 0.29) is 17.4 Å². The van der Waals surface area contributed by atoms with Crippen molar-refractivity contribution in [3.8, 4) is 11.5 Å². The summed E-state index contributed by atoms with van der Waals surface area (Å²) in [6.45, 7) is 10.4. The highest BCUT2D eigenvalue weighted by atomic mass is 19.4. The van der Waals surface area contributed by atoms with Gasteiger partial charge < -0.3 is 20.1 Å². The summed E-state index contributed by atoms with van der Waals surface area (Å²) < 4.78 is 52.1. The average molecular weight is 475 g/mol. The van der Waals surface area contributed by atoms with Crippen LogP contribution in [0.15, 0.2) is 54.7 Å². The molecule has 0 aliphatic heterocycles. The van der Waals surface area contributed by atoms with Crippen molar-refractivity contribution in [3.63, 3.8) is 0 Å². The standard InChI is InChI=1S/C25H29F3N4O2/c1-16(2)15-33-19-10-6-17(7-11-19)30-22-21(25(26,27)28)14-29-23(32-22)31-18-8-12-20(13-9-18)34-24(3,4)5/h6-14,16H,15H2,1-5H3,(H2,29,30,31,32). The van der Waals surface area contributed by atoms with Crippen molar-refractivity contribution in [2.24, 2.45) is 5.92 Å². The van der Waals surface area contributed by atoms with Crippen molar-refractivity contribution < 1.29 is 22.6 Å². The zero-order valence-corrected chi connectivity index (χ0v) is 19.8. The molecule has 0 bridgehead atoms. The van der Waals surface area contributed by atoms with Crippen LogP contribution in [0.4, 0.5) is 36.3 Å². The van der Waals surface area contributed by atoms with Crippen LogP contribution in [0.5, 0.6) is 11.5 Å². The molecule has 0 saturated heterocycles. The van der Waals surface area contributed by atoms with Gasteiger partial charge in [-0.2, -0.15) is 18.2 Å². The normalized spacial score (nSPS) is 11.9. The Morgan fingerprint density at radius 2 is 1.41 bits per heavy atom. The van der Waals surface area contributed by atoms with Crippen LogP contribution in [0.1, 0.15) is 40.2 Å². The molecule has 0 amide bonds. The smallest absolute Gasteiger partial charge is 0.421 e. The minimum atomic E-state index is -4.62. The number of hydrogen-bond donors (Lipinski definition) is 2. The van der Waals surface area contributed by atoms with Gasteiger partial charge in [0.1, 0.15) is 28.5 Å². The highest BCUT2D eigenvalue weighted by molar-refractivity contribution is 5.63. The zero-order valence-electron chi connectivity index (χ0n) is 19.8. The molecule has 1 aromatic heterocycles. The molecule has 2 N–H and O–H groups in total. The number of nitrogens with zero attached hydrogens (tertiary/aromatic N) is 2. The van der Waals surface area contributed by atoms with Gasteiger partial charge in [-0.05, 0) is 75.2 Å². The quantitative estimate of drug-likeness (QED) is 0.360. The lowest BCUT2D eigenvalue weighted by Crippen LogP contribution is -2.22. The maximum Gasteiger partial charge on any atom is 0.421 e. The fourth-order valence-electron chi connectivity index (χ4n) is 2.87. The molecule has 0 radical (unpaired) electrons. The first-order valence-electron chi connectivity index (χ1n) is 10.9. The highest BCUT2D eigenvalue weighted by Gasteiger charge is 2.35. The van der Waals surface area contributed by atoms with Crippen LogP contribution in [-0.4, -0.2) is 22.2 Å². The second-order valence-corrected chi connectivity index (χ2v) is 9.17. The summed E-state index contributed by atoms with van der Waals surface area (Å²) in [7, 11) is 0. The monoisotopic (exact) mass is 474 g/mol. The molecular formula is C25H29F3N4O2. The number of nitrogens with one attached hydrogen (secondary N) is 2. The number of hydrogen-bond acceptors (Lipinski definition) is 6. The molecule has 182 valence electrons. The number of benzene rings is 2. The zero-order chi connectivity index (χ0) is 24.9. The molecule has 0 spiro atoms. The molecule has 9 heteroatoms. The highest BCUT2D eigenvalue weighted by Crippen LogP contribution is 2.35. The van der Waals surface area contributed by atoms with Gasteiger partial charge in [0.05, 0.1) is 6.61 Å². The number of rotatable bonds is 8. The van der Waals surface area contributed by atoms with Gasteiger partial charge in [0.25, 0.3) is 0 Å². The van der Waals surface area contributed by atoms with E-state index in [1.165, 1.54) is 0 Å². The molecule has 0 saturated carbocycles. The number of alkyl halides is 3. The van der Waals surface area contributed by atoms with Gasteiger partial charge in [-0.25, -0.2) is 4.98 Å². The van der Waals surface area contributed by atoms with Crippen LogP contribution in [0.3, 0.4) is 0 Å². The molecular weight excluding hydrogens is 445 g/mol. The third-order valence-corrected chi connectivity index (χ3v) is 4.33. The third kappa shape index (κ3) is 7.54. The Balaban J connectivity index is 1.78. The molecule has 34 heavy (non-hydrogen) atoms. The van der Waals surface area contributed by atoms with Crippen LogP contribution in [-0.2, 0) is 6.18 Å². The summed E-state index contributed by atoms with van der Waals surface area (Å²) in [5, 5.41) is 5.68. The Morgan fingerprint density at radius 3 is 1.94 bits per heavy atom. The van der Waals surface area contributed by atoms with Crippen LogP contribution < -0.4 is 20.1 Å². The molecule has 0 atom stereocenters. The summed E-state index contributed by atoms with van der Waals surface area (Å²) in [4.78, 5) is 7.92. The summed E-state index contributed by atoms with van der Waals surface area (Å²) >= 11 is 0. The number of ether oxygens (including phenoxy) is 2. The molecule has 3 rings (SSSR count). The van der Waals surface area contributed by atoms with Crippen molar-refractivity contribution >= 4 is 23.1 Å². The predicted molar refractivity (Wildman–Crippen MR) is 127 cm³/mol. The topological polar surface area (TPSA) is 68.3 Å². The first-order chi connectivity index (χ1) is 15.9. The van der Waals surface area contributed by atoms with Gasteiger partial charge in [0, 0.05) is 17.6 Å². The van der Waals surface area contributed by atoms with Gasteiger partial charge in [-0.3, -0.25) is 0 Å². The van der Waals surface area contributed by atoms with E-state index >= 15 is 0 Å². The molecule has 0 aliphatic carbocycles. The number of halogens is 3. The van der Waals surface area contributed by atoms with Crippen molar-refractivity contribution in [2.45, 2.75) is 46.4 Å². The molecule has 0 aliphatic rings. The van der Waals surface area contributed by atoms with Crippen molar-refractivity contribution in [1.82, 2.24) is 9.97 Å². The summed E-state index contributed by atoms with van der Waals surface area (Å²) in [5.41, 5.74) is -0.258. The van der Waals surface area contributed by atoms with E-state index in [9.17, 15) is 13.2 Å². The van der Waals surface area contributed by atoms with E-state index < -0.39 is 11.7 Å². The maximum absolute atomic E-state index is 13.6. The minimum absolute atomic E-state index is 0.0249. The Bertz CT molecular complexity index is 1080. The summed E-state index contributed by atoms with van der Waals surface area (Å²) in [6.07, 6.45) is -3.86. The summed E-state index contributed by atoms with van der Waals surface area (Å²) in [5.74, 6) is 1.35. The van der Waals surface area contributed by atoms with Crippen LogP contribution >= 0.6 is 0 Å². The number of anilines is 4. The fourth-order valence-corrected chi connectivity index (χ4v) is 2.87. The average Bonchev–Trinajstić information content (AvgIpc) is 2.73. The molecule has 1 heterocycles. The van der Waals surface area contributed by atoms with E-state index in [1.807, 2.05) is 34.6 Å². The van der Waals surface area contributed by atoms with Crippen molar-refractivity contribution in [2.75, 3.05) is 17.2 Å². The second-order valence-electron chi connectivity index (χ2n) is 9.17. The molecule has 2 aromatic carbocycles. The molecule has 0 fully saturated rings. The maximum atomic E-state index is 13.6. The Kier molecular flexibility index (Phi) is 7.54. The van der Waals surface area contributed by atoms with Gasteiger partial charge in [0.2, 0.25) is 5.95 Å². The van der Waals surface area contributed by atoms with Crippen LogP contribution in [0, 0.1) is 5.92 Å². The van der Waals surface area contributed by atoms with Crippen LogP contribution in [0.25, 0.3) is 0 Å². The Hall–Kier alpha value is -3.49. The molecule has 6 nitrogen and oxygen atoms in total. The third-order valence-electron chi connectivity index (χ3n) is 4.33. The fraction of sp³-hybridized carbons (Fsp3) is 0.360. The Morgan fingerprint density at radius 1 is 0.853 bits per heavy atom. The van der Waals surface area contributed by atoms with Gasteiger partial charge in [-0.1, -0.05) is 13.8 Å². The van der Waals surface area contributed by atoms with E-state index in [2.05, 4.69) is 20.6 Å².